The molecule has 1 fully saturated rings. The fraction of sp³-hybridized carbons (Fsp3) is 0.500. The highest BCUT2D eigenvalue weighted by Crippen LogP contribution is 2.36. The van der Waals surface area contributed by atoms with E-state index < -0.39 is 20.0 Å². The van der Waals surface area contributed by atoms with Crippen LogP contribution in [-0.4, -0.2) is 59.0 Å². The molecule has 2 aromatic carbocycles. The van der Waals surface area contributed by atoms with Crippen LogP contribution >= 0.6 is 0 Å². The number of benzene rings is 2. The quantitative estimate of drug-likeness (QED) is 0.518. The van der Waals surface area contributed by atoms with Gasteiger partial charge in [0.15, 0.2) is 0 Å². The smallest absolute Gasteiger partial charge is 0.264 e. The van der Waals surface area contributed by atoms with Gasteiger partial charge in [0.2, 0.25) is 15.9 Å². The van der Waals surface area contributed by atoms with Gasteiger partial charge in [-0.25, -0.2) is 21.1 Å². The normalized spacial score (nSPS) is 17.6. The Morgan fingerprint density at radius 2 is 1.64 bits per heavy atom. The number of sulfonamides is 2. The van der Waals surface area contributed by atoms with Crippen LogP contribution < -0.4 is 9.21 Å². The van der Waals surface area contributed by atoms with Gasteiger partial charge in [-0.05, 0) is 66.6 Å². The highest BCUT2D eigenvalue weighted by Gasteiger charge is 2.37. The molecule has 2 heterocycles. The zero-order valence-electron chi connectivity index (χ0n) is 21.3. The first kappa shape index (κ1) is 26.6. The molecule has 2 aliphatic rings. The lowest BCUT2D eigenvalue weighted by atomic mass is 10.0. The van der Waals surface area contributed by atoms with Gasteiger partial charge < -0.3 is 4.90 Å². The molecule has 0 spiro atoms. The Hall–Kier alpha value is -2.43. The van der Waals surface area contributed by atoms with E-state index in [-0.39, 0.29) is 29.2 Å². The molecule has 2 aromatic rings. The van der Waals surface area contributed by atoms with Crippen LogP contribution in [0.2, 0.25) is 0 Å². The topological polar surface area (TPSA) is 95.1 Å². The number of piperidine rings is 1. The summed E-state index contributed by atoms with van der Waals surface area (Å²) in [5.74, 6) is 0.0430. The number of hydrogen-bond acceptors (Lipinski definition) is 5. The van der Waals surface area contributed by atoms with E-state index >= 15 is 0 Å². The number of aryl methyl sites for hydroxylation is 1. The first-order valence-electron chi connectivity index (χ1n) is 12.4. The third-order valence-corrected chi connectivity index (χ3v) is 10.0. The van der Waals surface area contributed by atoms with Crippen LogP contribution in [0.3, 0.4) is 0 Å². The van der Waals surface area contributed by atoms with Gasteiger partial charge in [-0.2, -0.15) is 0 Å². The second-order valence-corrected chi connectivity index (χ2v) is 13.9. The van der Waals surface area contributed by atoms with E-state index in [9.17, 15) is 21.6 Å². The highest BCUT2D eigenvalue weighted by molar-refractivity contribution is 7.92. The van der Waals surface area contributed by atoms with E-state index in [1.165, 1.54) is 14.9 Å². The van der Waals surface area contributed by atoms with Gasteiger partial charge in [-0.1, -0.05) is 32.9 Å². The second-order valence-electron chi connectivity index (χ2n) is 10.1. The molecule has 10 heteroatoms. The number of anilines is 2. The maximum Gasteiger partial charge on any atom is 0.264 e. The van der Waals surface area contributed by atoms with E-state index in [2.05, 4.69) is 6.92 Å². The van der Waals surface area contributed by atoms with Crippen molar-refractivity contribution in [3.05, 3.63) is 53.6 Å². The molecule has 36 heavy (non-hydrogen) atoms. The van der Waals surface area contributed by atoms with Crippen molar-refractivity contribution in [3.8, 4) is 0 Å². The van der Waals surface area contributed by atoms with Crippen molar-refractivity contribution in [2.45, 2.75) is 57.4 Å². The third-order valence-electron chi connectivity index (χ3n) is 6.93. The lowest BCUT2D eigenvalue weighted by molar-refractivity contribution is -0.118. The average Bonchev–Trinajstić information content (AvgIpc) is 3.17. The molecule has 196 valence electrons. The summed E-state index contributed by atoms with van der Waals surface area (Å²) in [6, 6.07) is 12.4. The summed E-state index contributed by atoms with van der Waals surface area (Å²) in [5, 5.41) is 0. The molecule has 0 atom stereocenters. The summed E-state index contributed by atoms with van der Waals surface area (Å²) in [6.07, 6.45) is 3.31. The minimum absolute atomic E-state index is 0.0773. The molecule has 1 amide bonds. The lowest BCUT2D eigenvalue weighted by Gasteiger charge is -2.36. The summed E-state index contributed by atoms with van der Waals surface area (Å²) in [6.45, 7) is 7.11. The average molecular weight is 534 g/mol. The molecule has 0 bridgehead atoms. The van der Waals surface area contributed by atoms with Crippen molar-refractivity contribution in [2.75, 3.05) is 35.1 Å². The molecule has 0 aromatic heterocycles. The van der Waals surface area contributed by atoms with Crippen molar-refractivity contribution in [3.63, 3.8) is 0 Å². The molecule has 8 nitrogen and oxygen atoms in total. The summed E-state index contributed by atoms with van der Waals surface area (Å²) in [7, 11) is -7.10. The number of amides is 1. The number of carbonyl (C=O) groups excluding carboxylic acids is 1. The molecule has 0 saturated carbocycles. The van der Waals surface area contributed by atoms with Crippen LogP contribution in [0.15, 0.2) is 47.4 Å². The Kier molecular flexibility index (Phi) is 7.50. The van der Waals surface area contributed by atoms with Gasteiger partial charge in [0.1, 0.15) is 0 Å². The Labute approximate surface area is 215 Å². The molecular weight excluding hydrogens is 498 g/mol. The van der Waals surface area contributed by atoms with E-state index in [0.29, 0.717) is 43.7 Å². The monoisotopic (exact) mass is 533 g/mol. The lowest BCUT2D eigenvalue weighted by Crippen LogP contribution is -2.47. The van der Waals surface area contributed by atoms with Crippen molar-refractivity contribution in [2.24, 2.45) is 5.92 Å². The Bertz CT molecular complexity index is 1330. The summed E-state index contributed by atoms with van der Waals surface area (Å²) >= 11 is 0. The fourth-order valence-corrected chi connectivity index (χ4v) is 7.57. The largest absolute Gasteiger partial charge is 0.309 e. The van der Waals surface area contributed by atoms with E-state index in [4.69, 9.17) is 0 Å². The van der Waals surface area contributed by atoms with Crippen molar-refractivity contribution >= 4 is 37.3 Å². The van der Waals surface area contributed by atoms with Gasteiger partial charge in [0.05, 0.1) is 23.3 Å². The summed E-state index contributed by atoms with van der Waals surface area (Å²) < 4.78 is 54.2. The van der Waals surface area contributed by atoms with Crippen LogP contribution in [0.5, 0.6) is 0 Å². The van der Waals surface area contributed by atoms with Crippen LogP contribution in [0.1, 0.15) is 44.7 Å². The number of hydrogen-bond donors (Lipinski definition) is 0. The van der Waals surface area contributed by atoms with E-state index in [1.807, 2.05) is 38.1 Å². The summed E-state index contributed by atoms with van der Waals surface area (Å²) in [4.78, 5) is 14.9. The predicted octanol–water partition coefficient (Wildman–Crippen LogP) is 3.41. The maximum atomic E-state index is 13.8. The first-order chi connectivity index (χ1) is 16.9. The Morgan fingerprint density at radius 3 is 2.19 bits per heavy atom. The first-order valence-corrected chi connectivity index (χ1v) is 15.7. The zero-order chi connectivity index (χ0) is 26.3. The Balaban J connectivity index is 1.62. The molecule has 0 unspecified atom stereocenters. The van der Waals surface area contributed by atoms with Gasteiger partial charge in [-0.15, -0.1) is 0 Å². The highest BCUT2D eigenvalue weighted by atomic mass is 32.2. The molecule has 0 radical (unpaired) electrons. The molecule has 4 rings (SSSR count). The van der Waals surface area contributed by atoms with Gasteiger partial charge in [0.25, 0.3) is 10.0 Å². The van der Waals surface area contributed by atoms with Crippen molar-refractivity contribution < 1.29 is 21.6 Å². The Morgan fingerprint density at radius 1 is 1.00 bits per heavy atom. The van der Waals surface area contributed by atoms with E-state index in [1.54, 1.807) is 23.1 Å². The molecule has 0 aliphatic carbocycles. The van der Waals surface area contributed by atoms with Crippen molar-refractivity contribution in [1.82, 2.24) is 4.31 Å². The number of fused-ring (bicyclic) bond motifs is 1. The molecular formula is C26H35N3O5S2. The standard InChI is InChI=1S/C26H35N3O5S2/c1-5-20-6-8-22(9-7-20)28(18-19(2)3)36(33,34)24-10-11-25-21(16-24)17-26(30)29(25)23-12-14-27(15-13-23)35(4,31)32/h6-11,16,19,23H,5,12-15,17-18H2,1-4H3. The third kappa shape index (κ3) is 5.31. The van der Waals surface area contributed by atoms with Gasteiger partial charge in [0, 0.05) is 31.4 Å². The second kappa shape index (κ2) is 10.1. The number of nitrogens with zero attached hydrogens (tertiary/aromatic N) is 3. The predicted molar refractivity (Wildman–Crippen MR) is 142 cm³/mol. The maximum absolute atomic E-state index is 13.8. The summed E-state index contributed by atoms with van der Waals surface area (Å²) in [5.41, 5.74) is 3.17. The van der Waals surface area contributed by atoms with Crippen LogP contribution in [0, 0.1) is 5.92 Å². The van der Waals surface area contributed by atoms with Gasteiger partial charge in [-0.3, -0.25) is 9.10 Å². The molecule has 0 N–H and O–H groups in total. The SMILES string of the molecule is CCc1ccc(N(CC(C)C)S(=O)(=O)c2ccc3c(c2)CC(=O)N3C2CCN(S(C)(=O)=O)CC2)cc1. The van der Waals surface area contributed by atoms with Gasteiger partial charge >= 0.3 is 0 Å². The fourth-order valence-electron chi connectivity index (χ4n) is 5.01. The van der Waals surface area contributed by atoms with Crippen LogP contribution in [0.25, 0.3) is 0 Å². The van der Waals surface area contributed by atoms with Crippen LogP contribution in [0.4, 0.5) is 11.4 Å². The van der Waals surface area contributed by atoms with Crippen LogP contribution in [-0.2, 0) is 37.7 Å². The van der Waals surface area contributed by atoms with Crippen molar-refractivity contribution in [1.29, 1.82) is 0 Å². The van der Waals surface area contributed by atoms with E-state index in [0.717, 1.165) is 17.7 Å². The zero-order valence-corrected chi connectivity index (χ0v) is 23.0. The minimum atomic E-state index is -3.84. The molecule has 1 saturated heterocycles. The number of rotatable bonds is 8. The minimum Gasteiger partial charge on any atom is -0.309 e. The molecule has 2 aliphatic heterocycles. The number of carbonyl (C=O) groups is 1.